The number of rotatable bonds is 4. The Labute approximate surface area is 131 Å². The van der Waals surface area contributed by atoms with Crippen LogP contribution in [0.1, 0.15) is 31.0 Å². The first-order chi connectivity index (χ1) is 9.56. The summed E-state index contributed by atoms with van der Waals surface area (Å²) in [5, 5.41) is 1.43. The van der Waals surface area contributed by atoms with Gasteiger partial charge < -0.3 is 0 Å². The van der Waals surface area contributed by atoms with Crippen molar-refractivity contribution in [2.24, 2.45) is 0 Å². The highest BCUT2D eigenvalue weighted by Crippen LogP contribution is 2.31. The largest absolute Gasteiger partial charge is 0.227 e. The summed E-state index contributed by atoms with van der Waals surface area (Å²) in [6.45, 7) is 4.24. The van der Waals surface area contributed by atoms with Gasteiger partial charge in [0.25, 0.3) is 0 Å². The predicted molar refractivity (Wildman–Crippen MR) is 85.9 cm³/mol. The van der Waals surface area contributed by atoms with Crippen LogP contribution >= 0.6 is 27.7 Å². The SMILES string of the molecule is CSc1nc(-c2ccc(F)cc2)c(CBr)c(C(C)C)n1. The number of hydrogen-bond donors (Lipinski definition) is 0. The fraction of sp³-hybridized carbons (Fsp3) is 0.333. The Kier molecular flexibility index (Phi) is 5.16. The summed E-state index contributed by atoms with van der Waals surface area (Å²) in [5.41, 5.74) is 3.91. The van der Waals surface area contributed by atoms with Crippen LogP contribution in [-0.2, 0) is 5.33 Å². The third-order valence-corrected chi connectivity index (χ3v) is 4.11. The van der Waals surface area contributed by atoms with Crippen LogP contribution in [0.3, 0.4) is 0 Å². The number of benzene rings is 1. The van der Waals surface area contributed by atoms with Gasteiger partial charge in [0.1, 0.15) is 5.82 Å². The molecule has 1 aromatic heterocycles. The third-order valence-electron chi connectivity index (χ3n) is 3.00. The normalized spacial score (nSPS) is 11.1. The lowest BCUT2D eigenvalue weighted by Gasteiger charge is -2.15. The molecule has 20 heavy (non-hydrogen) atoms. The smallest absolute Gasteiger partial charge is 0.188 e. The van der Waals surface area contributed by atoms with Crippen molar-refractivity contribution < 1.29 is 4.39 Å². The van der Waals surface area contributed by atoms with E-state index >= 15 is 0 Å². The van der Waals surface area contributed by atoms with Crippen molar-refractivity contribution in [3.8, 4) is 11.3 Å². The second kappa shape index (κ2) is 6.68. The molecule has 2 aromatic rings. The molecule has 0 unspecified atom stereocenters. The second-order valence-electron chi connectivity index (χ2n) is 4.72. The molecule has 106 valence electrons. The molecule has 0 spiro atoms. The molecule has 0 atom stereocenters. The van der Waals surface area contributed by atoms with E-state index < -0.39 is 0 Å². The third kappa shape index (κ3) is 3.20. The van der Waals surface area contributed by atoms with Gasteiger partial charge in [0.2, 0.25) is 0 Å². The van der Waals surface area contributed by atoms with Crippen LogP contribution in [0, 0.1) is 5.82 Å². The Balaban J connectivity index is 2.66. The average molecular weight is 355 g/mol. The van der Waals surface area contributed by atoms with E-state index in [0.29, 0.717) is 11.2 Å². The standard InChI is InChI=1S/C15H16BrFN2S/c1-9(2)13-12(8-16)14(19-15(18-13)20-3)10-4-6-11(17)7-5-10/h4-7,9H,8H2,1-3H3. The summed E-state index contributed by atoms with van der Waals surface area (Å²) in [7, 11) is 0. The van der Waals surface area contributed by atoms with Gasteiger partial charge in [-0.05, 0) is 36.4 Å². The molecule has 5 heteroatoms. The van der Waals surface area contributed by atoms with Crippen molar-refractivity contribution in [3.63, 3.8) is 0 Å². The minimum atomic E-state index is -0.239. The van der Waals surface area contributed by atoms with E-state index in [-0.39, 0.29) is 5.82 Å². The Morgan fingerprint density at radius 1 is 1.20 bits per heavy atom. The van der Waals surface area contributed by atoms with E-state index in [9.17, 15) is 4.39 Å². The van der Waals surface area contributed by atoms with Gasteiger partial charge in [-0.3, -0.25) is 0 Å². The van der Waals surface area contributed by atoms with Gasteiger partial charge in [0.15, 0.2) is 5.16 Å². The zero-order valence-corrected chi connectivity index (χ0v) is 14.1. The molecule has 2 nitrogen and oxygen atoms in total. The van der Waals surface area contributed by atoms with Gasteiger partial charge in [-0.15, -0.1) is 0 Å². The van der Waals surface area contributed by atoms with Gasteiger partial charge >= 0.3 is 0 Å². The van der Waals surface area contributed by atoms with Crippen LogP contribution in [0.5, 0.6) is 0 Å². The Morgan fingerprint density at radius 2 is 1.85 bits per heavy atom. The fourth-order valence-corrected chi connectivity index (χ4v) is 2.95. The number of hydrogen-bond acceptors (Lipinski definition) is 3. The number of aromatic nitrogens is 2. The summed E-state index contributed by atoms with van der Waals surface area (Å²) in [5.74, 6) is 0.0769. The first kappa shape index (κ1) is 15.4. The lowest BCUT2D eigenvalue weighted by Crippen LogP contribution is -2.05. The lowest BCUT2D eigenvalue weighted by atomic mass is 10.00. The predicted octanol–water partition coefficient (Wildman–Crippen LogP) is 5.02. The first-order valence-electron chi connectivity index (χ1n) is 6.33. The van der Waals surface area contributed by atoms with Gasteiger partial charge in [0, 0.05) is 16.5 Å². The molecular weight excluding hydrogens is 339 g/mol. The van der Waals surface area contributed by atoms with E-state index in [1.54, 1.807) is 12.1 Å². The lowest BCUT2D eigenvalue weighted by molar-refractivity contribution is 0.628. The number of thioether (sulfide) groups is 1. The minimum Gasteiger partial charge on any atom is -0.227 e. The highest BCUT2D eigenvalue weighted by molar-refractivity contribution is 9.08. The van der Waals surface area contributed by atoms with Gasteiger partial charge in [-0.2, -0.15) is 0 Å². The molecule has 0 amide bonds. The van der Waals surface area contributed by atoms with Crippen LogP contribution in [0.15, 0.2) is 29.4 Å². The number of nitrogens with zero attached hydrogens (tertiary/aromatic N) is 2. The molecule has 0 aliphatic heterocycles. The van der Waals surface area contributed by atoms with Crippen LogP contribution in [0.4, 0.5) is 4.39 Å². The van der Waals surface area contributed by atoms with E-state index in [1.807, 2.05) is 6.26 Å². The van der Waals surface area contributed by atoms with E-state index in [2.05, 4.69) is 39.7 Å². The molecule has 0 N–H and O–H groups in total. The maximum absolute atomic E-state index is 13.1. The maximum Gasteiger partial charge on any atom is 0.188 e. The van der Waals surface area contributed by atoms with Crippen molar-refractivity contribution >= 4 is 27.7 Å². The van der Waals surface area contributed by atoms with Crippen molar-refractivity contribution in [1.82, 2.24) is 9.97 Å². The Bertz CT molecular complexity index is 600. The highest BCUT2D eigenvalue weighted by atomic mass is 79.9. The van der Waals surface area contributed by atoms with Gasteiger partial charge in [0.05, 0.1) is 11.4 Å². The summed E-state index contributed by atoms with van der Waals surface area (Å²) in [4.78, 5) is 9.22. The molecule has 0 fully saturated rings. The van der Waals surface area contributed by atoms with Gasteiger partial charge in [-0.25, -0.2) is 14.4 Å². The van der Waals surface area contributed by atoms with E-state index in [1.165, 1.54) is 23.9 Å². The molecule has 0 aliphatic rings. The molecule has 0 aliphatic carbocycles. The topological polar surface area (TPSA) is 25.8 Å². The Hall–Kier alpha value is -0.940. The summed E-state index contributed by atoms with van der Waals surface area (Å²) in [6.07, 6.45) is 1.96. The molecule has 2 rings (SSSR count). The fourth-order valence-electron chi connectivity index (χ4n) is 2.03. The molecular formula is C15H16BrFN2S. The number of halogens is 2. The zero-order valence-electron chi connectivity index (χ0n) is 11.7. The van der Waals surface area contributed by atoms with Crippen molar-refractivity contribution in [3.05, 3.63) is 41.3 Å². The maximum atomic E-state index is 13.1. The molecule has 0 bridgehead atoms. The zero-order chi connectivity index (χ0) is 14.7. The van der Waals surface area contributed by atoms with Crippen LogP contribution in [0.25, 0.3) is 11.3 Å². The quantitative estimate of drug-likeness (QED) is 0.437. The Morgan fingerprint density at radius 3 is 2.35 bits per heavy atom. The molecule has 0 saturated carbocycles. The summed E-state index contributed by atoms with van der Waals surface area (Å²) in [6, 6.07) is 6.45. The van der Waals surface area contributed by atoms with Crippen LogP contribution in [-0.4, -0.2) is 16.2 Å². The van der Waals surface area contributed by atoms with E-state index in [4.69, 9.17) is 0 Å². The van der Waals surface area contributed by atoms with Crippen LogP contribution in [0.2, 0.25) is 0 Å². The molecule has 0 saturated heterocycles. The second-order valence-corrected chi connectivity index (χ2v) is 6.05. The van der Waals surface area contributed by atoms with Crippen LogP contribution < -0.4 is 0 Å². The number of alkyl halides is 1. The van der Waals surface area contributed by atoms with Crippen molar-refractivity contribution in [1.29, 1.82) is 0 Å². The first-order valence-corrected chi connectivity index (χ1v) is 8.68. The summed E-state index contributed by atoms with van der Waals surface area (Å²) >= 11 is 5.04. The highest BCUT2D eigenvalue weighted by Gasteiger charge is 2.17. The van der Waals surface area contributed by atoms with E-state index in [0.717, 1.165) is 27.7 Å². The minimum absolute atomic E-state index is 0.239. The van der Waals surface area contributed by atoms with Crippen molar-refractivity contribution in [2.75, 3.05) is 6.26 Å². The van der Waals surface area contributed by atoms with Gasteiger partial charge in [-0.1, -0.05) is 41.5 Å². The summed E-state index contributed by atoms with van der Waals surface area (Å²) < 4.78 is 13.1. The average Bonchev–Trinajstić information content (AvgIpc) is 2.46. The van der Waals surface area contributed by atoms with Crippen molar-refractivity contribution in [2.45, 2.75) is 30.3 Å². The molecule has 1 aromatic carbocycles. The molecule has 0 radical (unpaired) electrons. The molecule has 1 heterocycles. The monoisotopic (exact) mass is 354 g/mol.